The summed E-state index contributed by atoms with van der Waals surface area (Å²) < 4.78 is 37.0. The molecular formula is C14H18ClNO5S. The van der Waals surface area contributed by atoms with Crippen molar-refractivity contribution in [3.63, 3.8) is 0 Å². The minimum Gasteiger partial charge on any atom is -0.376 e. The van der Waals surface area contributed by atoms with Crippen LogP contribution in [0.3, 0.4) is 0 Å². The fraction of sp³-hybridized carbons (Fsp3) is 0.500. The molecule has 1 amide bonds. The normalized spacial score (nSPS) is 19.8. The number of benzene rings is 1. The third-order valence-corrected chi connectivity index (χ3v) is 5.13. The zero-order valence-corrected chi connectivity index (χ0v) is 13.7. The quantitative estimate of drug-likeness (QED) is 0.847. The lowest BCUT2D eigenvalue weighted by Crippen LogP contribution is -2.39. The maximum atomic E-state index is 12.1. The number of carbonyl (C=O) groups excluding carboxylic acids is 1. The molecule has 1 heterocycles. The van der Waals surface area contributed by atoms with Gasteiger partial charge in [0.15, 0.2) is 0 Å². The molecule has 1 aliphatic heterocycles. The fourth-order valence-electron chi connectivity index (χ4n) is 2.04. The molecule has 0 bridgehead atoms. The summed E-state index contributed by atoms with van der Waals surface area (Å²) in [5.41, 5.74) is 0. The van der Waals surface area contributed by atoms with Gasteiger partial charge in [0.1, 0.15) is 11.0 Å². The lowest BCUT2D eigenvalue weighted by atomic mass is 10.2. The van der Waals surface area contributed by atoms with Crippen LogP contribution in [0.2, 0.25) is 5.02 Å². The molecule has 0 radical (unpaired) electrons. The van der Waals surface area contributed by atoms with Gasteiger partial charge in [0.2, 0.25) is 0 Å². The summed E-state index contributed by atoms with van der Waals surface area (Å²) in [6.45, 7) is 2.45. The van der Waals surface area contributed by atoms with E-state index in [9.17, 15) is 13.2 Å². The molecule has 0 unspecified atom stereocenters. The SMILES string of the molecule is C[C@H](OC[C@H]1CCCO1)C(=O)NS(=O)(=O)c1ccccc1Cl. The first kappa shape index (κ1) is 17.2. The highest BCUT2D eigenvalue weighted by molar-refractivity contribution is 7.90. The van der Waals surface area contributed by atoms with Crippen LogP contribution in [0.15, 0.2) is 29.2 Å². The van der Waals surface area contributed by atoms with Crippen LogP contribution >= 0.6 is 11.6 Å². The summed E-state index contributed by atoms with van der Waals surface area (Å²) in [7, 11) is -4.02. The average molecular weight is 348 g/mol. The molecule has 1 fully saturated rings. The molecule has 0 saturated carbocycles. The van der Waals surface area contributed by atoms with Gasteiger partial charge in [0.25, 0.3) is 15.9 Å². The summed E-state index contributed by atoms with van der Waals surface area (Å²) in [6.07, 6.45) is 0.916. The van der Waals surface area contributed by atoms with E-state index in [1.165, 1.54) is 25.1 Å². The van der Waals surface area contributed by atoms with E-state index >= 15 is 0 Å². The van der Waals surface area contributed by atoms with Gasteiger partial charge < -0.3 is 9.47 Å². The summed E-state index contributed by atoms with van der Waals surface area (Å²) in [4.78, 5) is 11.8. The third kappa shape index (κ3) is 4.42. The summed E-state index contributed by atoms with van der Waals surface area (Å²) in [6, 6.07) is 5.91. The summed E-state index contributed by atoms with van der Waals surface area (Å²) >= 11 is 5.84. The Morgan fingerprint density at radius 2 is 2.23 bits per heavy atom. The van der Waals surface area contributed by atoms with Gasteiger partial charge in [-0.05, 0) is 31.9 Å². The Kier molecular flexibility index (Phi) is 5.80. The zero-order valence-electron chi connectivity index (χ0n) is 12.1. The van der Waals surface area contributed by atoms with Crippen molar-refractivity contribution in [2.75, 3.05) is 13.2 Å². The van der Waals surface area contributed by atoms with Crippen LogP contribution in [-0.2, 0) is 24.3 Å². The van der Waals surface area contributed by atoms with Gasteiger partial charge in [-0.2, -0.15) is 0 Å². The highest BCUT2D eigenvalue weighted by atomic mass is 35.5. The molecule has 0 aliphatic carbocycles. The molecule has 6 nitrogen and oxygen atoms in total. The number of nitrogens with one attached hydrogen (secondary N) is 1. The third-order valence-electron chi connectivity index (χ3n) is 3.29. The molecule has 0 spiro atoms. The highest BCUT2D eigenvalue weighted by Gasteiger charge is 2.25. The number of amides is 1. The van der Waals surface area contributed by atoms with Gasteiger partial charge >= 0.3 is 0 Å². The topological polar surface area (TPSA) is 81.7 Å². The molecule has 22 heavy (non-hydrogen) atoms. The Morgan fingerprint density at radius 1 is 1.50 bits per heavy atom. The van der Waals surface area contributed by atoms with E-state index in [1.807, 2.05) is 4.72 Å². The zero-order chi connectivity index (χ0) is 16.2. The van der Waals surface area contributed by atoms with E-state index < -0.39 is 22.0 Å². The second-order valence-corrected chi connectivity index (χ2v) is 7.07. The average Bonchev–Trinajstić information content (AvgIpc) is 2.97. The van der Waals surface area contributed by atoms with Crippen LogP contribution in [0.1, 0.15) is 19.8 Å². The lowest BCUT2D eigenvalue weighted by molar-refractivity contribution is -0.131. The first-order valence-electron chi connectivity index (χ1n) is 6.94. The molecule has 8 heteroatoms. The molecule has 2 rings (SSSR count). The van der Waals surface area contributed by atoms with Crippen LogP contribution in [0, 0.1) is 0 Å². The Bertz CT molecular complexity index is 628. The van der Waals surface area contributed by atoms with Gasteiger partial charge in [-0.15, -0.1) is 0 Å². The molecule has 2 atom stereocenters. The van der Waals surface area contributed by atoms with Crippen LogP contribution in [0.5, 0.6) is 0 Å². The van der Waals surface area contributed by atoms with Crippen LogP contribution in [0.4, 0.5) is 0 Å². The van der Waals surface area contributed by atoms with E-state index in [0.717, 1.165) is 12.8 Å². The first-order valence-corrected chi connectivity index (χ1v) is 8.80. The Morgan fingerprint density at radius 3 is 2.86 bits per heavy atom. The summed E-state index contributed by atoms with van der Waals surface area (Å²) in [5, 5.41) is 0.0516. The van der Waals surface area contributed by atoms with Crippen molar-refractivity contribution in [3.05, 3.63) is 29.3 Å². The van der Waals surface area contributed by atoms with Crippen LogP contribution in [0.25, 0.3) is 0 Å². The second kappa shape index (κ2) is 7.41. The molecule has 1 aromatic carbocycles. The molecule has 1 aliphatic rings. The minimum absolute atomic E-state index is 0.0320. The lowest BCUT2D eigenvalue weighted by Gasteiger charge is -2.16. The number of hydrogen-bond donors (Lipinski definition) is 1. The van der Waals surface area contributed by atoms with Crippen LogP contribution < -0.4 is 4.72 Å². The van der Waals surface area contributed by atoms with Gasteiger partial charge in [-0.3, -0.25) is 4.79 Å². The largest absolute Gasteiger partial charge is 0.376 e. The van der Waals surface area contributed by atoms with E-state index in [-0.39, 0.29) is 22.6 Å². The standard InChI is InChI=1S/C14H18ClNO5S/c1-10(21-9-11-5-4-8-20-11)14(17)16-22(18,19)13-7-3-2-6-12(13)15/h2-3,6-7,10-11H,4-5,8-9H2,1H3,(H,16,17)/t10-,11+/m0/s1. The van der Waals surface area contributed by atoms with Gasteiger partial charge in [0, 0.05) is 6.61 Å². The fourth-order valence-corrected chi connectivity index (χ4v) is 3.60. The maximum Gasteiger partial charge on any atom is 0.265 e. The predicted molar refractivity (Wildman–Crippen MR) is 81.2 cm³/mol. The highest BCUT2D eigenvalue weighted by Crippen LogP contribution is 2.20. The van der Waals surface area contributed by atoms with Gasteiger partial charge in [-0.25, -0.2) is 13.1 Å². The number of ether oxygens (including phenoxy) is 2. The van der Waals surface area contributed by atoms with Crippen molar-refractivity contribution in [3.8, 4) is 0 Å². The van der Waals surface area contributed by atoms with Crippen molar-refractivity contribution >= 4 is 27.5 Å². The van der Waals surface area contributed by atoms with Crippen LogP contribution in [-0.4, -0.2) is 39.7 Å². The number of rotatable bonds is 6. The van der Waals surface area contributed by atoms with E-state index in [1.54, 1.807) is 6.07 Å². The predicted octanol–water partition coefficient (Wildman–Crippen LogP) is 1.73. The molecule has 1 aromatic rings. The van der Waals surface area contributed by atoms with Crippen molar-refractivity contribution in [1.29, 1.82) is 0 Å². The minimum atomic E-state index is -4.02. The molecule has 122 valence electrons. The number of carbonyl (C=O) groups is 1. The Hall–Kier alpha value is -1.15. The van der Waals surface area contributed by atoms with Crippen molar-refractivity contribution in [2.45, 2.75) is 36.9 Å². The molecular weight excluding hydrogens is 330 g/mol. The smallest absolute Gasteiger partial charge is 0.265 e. The van der Waals surface area contributed by atoms with Crippen molar-refractivity contribution < 1.29 is 22.7 Å². The molecule has 0 aromatic heterocycles. The maximum absolute atomic E-state index is 12.1. The van der Waals surface area contributed by atoms with Crippen molar-refractivity contribution in [1.82, 2.24) is 4.72 Å². The molecule has 1 saturated heterocycles. The first-order chi connectivity index (χ1) is 10.4. The number of halogens is 1. The van der Waals surface area contributed by atoms with E-state index in [0.29, 0.717) is 6.61 Å². The monoisotopic (exact) mass is 347 g/mol. The van der Waals surface area contributed by atoms with E-state index in [2.05, 4.69) is 0 Å². The number of sulfonamides is 1. The van der Waals surface area contributed by atoms with Crippen molar-refractivity contribution in [2.24, 2.45) is 0 Å². The Labute approximate surface area is 134 Å². The Balaban J connectivity index is 1.93. The van der Waals surface area contributed by atoms with Gasteiger partial charge in [0.05, 0.1) is 17.7 Å². The molecule has 1 N–H and O–H groups in total. The van der Waals surface area contributed by atoms with Gasteiger partial charge in [-0.1, -0.05) is 23.7 Å². The number of hydrogen-bond acceptors (Lipinski definition) is 5. The second-order valence-electron chi connectivity index (χ2n) is 5.01. The summed E-state index contributed by atoms with van der Waals surface area (Å²) in [5.74, 6) is -0.738. The van der Waals surface area contributed by atoms with E-state index in [4.69, 9.17) is 21.1 Å².